The summed E-state index contributed by atoms with van der Waals surface area (Å²) in [6.45, 7) is 0.719. The third-order valence-electron chi connectivity index (χ3n) is 2.33. The zero-order valence-corrected chi connectivity index (χ0v) is 9.87. The lowest BCUT2D eigenvalue weighted by atomic mass is 10.3. The Morgan fingerprint density at radius 3 is 2.67 bits per heavy atom. The van der Waals surface area contributed by atoms with Crippen molar-refractivity contribution in [1.82, 2.24) is 5.32 Å². The molecule has 0 aliphatic rings. The summed E-state index contributed by atoms with van der Waals surface area (Å²) in [7, 11) is 1.81. The van der Waals surface area contributed by atoms with Crippen LogP contribution in [-0.4, -0.2) is 7.05 Å². The average Bonchev–Trinajstić information content (AvgIpc) is 2.76. The molecule has 0 bridgehead atoms. The minimum atomic E-state index is -0.725. The summed E-state index contributed by atoms with van der Waals surface area (Å²) in [4.78, 5) is 0. The second-order valence-electron chi connectivity index (χ2n) is 3.76. The molecule has 0 spiro atoms. The molecular weight excluding hydrogens is 240 g/mol. The second-order valence-corrected chi connectivity index (χ2v) is 3.76. The highest BCUT2D eigenvalue weighted by atomic mass is 19.1. The van der Waals surface area contributed by atoms with Crippen LogP contribution in [0.25, 0.3) is 0 Å². The smallest absolute Gasteiger partial charge is 0.167 e. The maximum atomic E-state index is 13.3. The van der Waals surface area contributed by atoms with Gasteiger partial charge in [0.05, 0.1) is 6.54 Å². The minimum absolute atomic E-state index is 0.00275. The average molecular weight is 253 g/mol. The Balaban J connectivity index is 1.97. The molecule has 0 amide bonds. The summed E-state index contributed by atoms with van der Waals surface area (Å²) >= 11 is 0. The maximum absolute atomic E-state index is 13.3. The number of halogens is 2. The number of furan rings is 1. The molecule has 0 unspecified atom stereocenters. The fourth-order valence-electron chi connectivity index (χ4n) is 1.51. The predicted octanol–water partition coefficient (Wildman–Crippen LogP) is 2.86. The van der Waals surface area contributed by atoms with Crippen molar-refractivity contribution in [3.63, 3.8) is 0 Å². The number of rotatable bonds is 5. The molecule has 1 aromatic carbocycles. The van der Waals surface area contributed by atoms with E-state index in [1.54, 1.807) is 6.07 Å². The third kappa shape index (κ3) is 3.07. The number of hydrogen-bond acceptors (Lipinski definition) is 3. The zero-order chi connectivity index (χ0) is 13.0. The van der Waals surface area contributed by atoms with E-state index in [0.29, 0.717) is 12.3 Å². The van der Waals surface area contributed by atoms with Crippen molar-refractivity contribution >= 4 is 0 Å². The molecule has 1 aromatic heterocycles. The van der Waals surface area contributed by atoms with Crippen LogP contribution in [0.15, 0.2) is 34.7 Å². The summed E-state index contributed by atoms with van der Waals surface area (Å²) in [6.07, 6.45) is 0. The largest absolute Gasteiger partial charge is 0.483 e. The van der Waals surface area contributed by atoms with E-state index in [2.05, 4.69) is 5.32 Å². The van der Waals surface area contributed by atoms with E-state index in [1.807, 2.05) is 13.1 Å². The van der Waals surface area contributed by atoms with Crippen LogP contribution >= 0.6 is 0 Å². The van der Waals surface area contributed by atoms with E-state index >= 15 is 0 Å². The van der Waals surface area contributed by atoms with Gasteiger partial charge in [-0.2, -0.15) is 0 Å². The van der Waals surface area contributed by atoms with Gasteiger partial charge < -0.3 is 14.5 Å². The third-order valence-corrected chi connectivity index (χ3v) is 2.33. The van der Waals surface area contributed by atoms with Gasteiger partial charge in [-0.1, -0.05) is 0 Å². The van der Waals surface area contributed by atoms with Crippen molar-refractivity contribution in [3.05, 3.63) is 53.5 Å². The standard InChI is InChI=1S/C13H13F2NO2/c1-16-7-10-3-4-11(18-10)8-17-13-5-2-9(14)6-12(13)15/h2-6,16H,7-8H2,1H3. The molecule has 0 atom stereocenters. The van der Waals surface area contributed by atoms with Crippen LogP contribution in [0.5, 0.6) is 5.75 Å². The van der Waals surface area contributed by atoms with Gasteiger partial charge in [-0.05, 0) is 31.3 Å². The summed E-state index contributed by atoms with van der Waals surface area (Å²) in [5.41, 5.74) is 0. The van der Waals surface area contributed by atoms with Gasteiger partial charge in [0.15, 0.2) is 11.6 Å². The van der Waals surface area contributed by atoms with Crippen LogP contribution in [0, 0.1) is 11.6 Å². The van der Waals surface area contributed by atoms with E-state index in [4.69, 9.17) is 9.15 Å². The van der Waals surface area contributed by atoms with E-state index in [-0.39, 0.29) is 12.4 Å². The fourth-order valence-corrected chi connectivity index (χ4v) is 1.51. The molecule has 96 valence electrons. The van der Waals surface area contributed by atoms with Crippen LogP contribution in [-0.2, 0) is 13.2 Å². The fraction of sp³-hybridized carbons (Fsp3) is 0.231. The predicted molar refractivity (Wildman–Crippen MR) is 62.2 cm³/mol. The summed E-state index contributed by atoms with van der Waals surface area (Å²) in [6, 6.07) is 6.75. The molecule has 1 heterocycles. The Morgan fingerprint density at radius 2 is 1.94 bits per heavy atom. The normalized spacial score (nSPS) is 10.6. The lowest BCUT2D eigenvalue weighted by Gasteiger charge is -2.05. The Morgan fingerprint density at radius 1 is 1.17 bits per heavy atom. The molecule has 0 aliphatic heterocycles. The first-order chi connectivity index (χ1) is 8.69. The first-order valence-electron chi connectivity index (χ1n) is 5.49. The molecule has 2 rings (SSSR count). The van der Waals surface area contributed by atoms with Gasteiger partial charge in [0, 0.05) is 6.07 Å². The number of nitrogens with one attached hydrogen (secondary N) is 1. The first-order valence-corrected chi connectivity index (χ1v) is 5.49. The van der Waals surface area contributed by atoms with Crippen molar-refractivity contribution in [2.45, 2.75) is 13.2 Å². The van der Waals surface area contributed by atoms with Gasteiger partial charge in [0.25, 0.3) is 0 Å². The maximum Gasteiger partial charge on any atom is 0.167 e. The van der Waals surface area contributed by atoms with Gasteiger partial charge >= 0.3 is 0 Å². The molecule has 5 heteroatoms. The van der Waals surface area contributed by atoms with Crippen molar-refractivity contribution < 1.29 is 17.9 Å². The quantitative estimate of drug-likeness (QED) is 0.889. The van der Waals surface area contributed by atoms with E-state index in [9.17, 15) is 8.78 Å². The first kappa shape index (κ1) is 12.6. The topological polar surface area (TPSA) is 34.4 Å². The van der Waals surface area contributed by atoms with Crippen molar-refractivity contribution in [2.75, 3.05) is 7.05 Å². The van der Waals surface area contributed by atoms with Crippen LogP contribution in [0.3, 0.4) is 0 Å². The van der Waals surface area contributed by atoms with Crippen LogP contribution < -0.4 is 10.1 Å². The Kier molecular flexibility index (Phi) is 3.94. The minimum Gasteiger partial charge on any atom is -0.483 e. The summed E-state index contributed by atoms with van der Waals surface area (Å²) in [5.74, 6) is 0.00813. The van der Waals surface area contributed by atoms with E-state index in [1.165, 1.54) is 6.07 Å². The SMILES string of the molecule is CNCc1ccc(COc2ccc(F)cc2F)o1. The zero-order valence-electron chi connectivity index (χ0n) is 9.87. The lowest BCUT2D eigenvalue weighted by molar-refractivity contribution is 0.254. The Hall–Kier alpha value is -1.88. The van der Waals surface area contributed by atoms with Crippen molar-refractivity contribution in [1.29, 1.82) is 0 Å². The van der Waals surface area contributed by atoms with Gasteiger partial charge in [-0.15, -0.1) is 0 Å². The molecule has 0 saturated carbocycles. The van der Waals surface area contributed by atoms with Gasteiger partial charge in [-0.25, -0.2) is 8.78 Å². The van der Waals surface area contributed by atoms with Gasteiger partial charge in [-0.3, -0.25) is 0 Å². The van der Waals surface area contributed by atoms with Gasteiger partial charge in [0.1, 0.15) is 23.9 Å². The molecule has 0 fully saturated rings. The van der Waals surface area contributed by atoms with E-state index < -0.39 is 11.6 Å². The summed E-state index contributed by atoms with van der Waals surface area (Å²) < 4.78 is 36.6. The molecule has 2 aromatic rings. The van der Waals surface area contributed by atoms with Crippen LogP contribution in [0.2, 0.25) is 0 Å². The Labute approximate surface area is 103 Å². The molecule has 1 N–H and O–H groups in total. The highest BCUT2D eigenvalue weighted by molar-refractivity contribution is 5.24. The number of benzene rings is 1. The molecule has 0 aliphatic carbocycles. The van der Waals surface area contributed by atoms with Crippen LogP contribution in [0.1, 0.15) is 11.5 Å². The second kappa shape index (κ2) is 5.64. The molecule has 0 saturated heterocycles. The van der Waals surface area contributed by atoms with Crippen LogP contribution in [0.4, 0.5) is 8.78 Å². The molecule has 0 radical (unpaired) electrons. The van der Waals surface area contributed by atoms with Gasteiger partial charge in [0.2, 0.25) is 0 Å². The van der Waals surface area contributed by atoms with E-state index in [0.717, 1.165) is 17.9 Å². The van der Waals surface area contributed by atoms with Crippen molar-refractivity contribution in [3.8, 4) is 5.75 Å². The monoisotopic (exact) mass is 253 g/mol. The van der Waals surface area contributed by atoms with Crippen molar-refractivity contribution in [2.24, 2.45) is 0 Å². The Bertz CT molecular complexity index is 525. The number of ether oxygens (including phenoxy) is 1. The highest BCUT2D eigenvalue weighted by Crippen LogP contribution is 2.19. The molecule has 3 nitrogen and oxygen atoms in total. The summed E-state index contributed by atoms with van der Waals surface area (Å²) in [5, 5.41) is 2.95. The molecule has 18 heavy (non-hydrogen) atoms. The number of hydrogen-bond donors (Lipinski definition) is 1. The highest BCUT2D eigenvalue weighted by Gasteiger charge is 2.07. The lowest BCUT2D eigenvalue weighted by Crippen LogP contribution is -2.03. The molecular formula is C13H13F2NO2.